The summed E-state index contributed by atoms with van der Waals surface area (Å²) in [6.07, 6.45) is 9.63. The lowest BCUT2D eigenvalue weighted by Gasteiger charge is -2.33. The number of nitrogens with zero attached hydrogens (tertiary/aromatic N) is 4. The molecule has 0 bridgehead atoms. The molecule has 1 aromatic heterocycles. The molecule has 0 spiro atoms. The van der Waals surface area contributed by atoms with Gasteiger partial charge in [0, 0.05) is 31.1 Å². The van der Waals surface area contributed by atoms with Crippen LogP contribution in [0.1, 0.15) is 49.4 Å². The molecule has 0 saturated heterocycles. The zero-order chi connectivity index (χ0) is 21.7. The minimum Gasteiger partial charge on any atom is -0.295 e. The van der Waals surface area contributed by atoms with Crippen LogP contribution < -0.4 is 4.90 Å². The number of aryl methyl sites for hydroxylation is 2. The van der Waals surface area contributed by atoms with Crippen LogP contribution >= 0.6 is 0 Å². The zero-order valence-electron chi connectivity index (χ0n) is 18.7. The van der Waals surface area contributed by atoms with Gasteiger partial charge in [0.05, 0.1) is 17.9 Å². The van der Waals surface area contributed by atoms with E-state index in [4.69, 9.17) is 10.8 Å². The molecule has 2 N–H and O–H groups in total. The predicted octanol–water partition coefficient (Wildman–Crippen LogP) is 4.81. The van der Waals surface area contributed by atoms with E-state index in [0.29, 0.717) is 24.1 Å². The molecular formula is C24H34N6. The van der Waals surface area contributed by atoms with E-state index in [1.807, 2.05) is 11.8 Å². The number of likely N-dealkylation sites (N-methyl/N-ethyl adjacent to an activating group) is 1. The molecule has 0 amide bonds. The normalized spacial score (nSPS) is 21.9. The lowest BCUT2D eigenvalue weighted by molar-refractivity contribution is 0.342. The van der Waals surface area contributed by atoms with Crippen molar-refractivity contribution in [2.24, 2.45) is 11.8 Å². The van der Waals surface area contributed by atoms with Crippen molar-refractivity contribution in [3.8, 4) is 0 Å². The van der Waals surface area contributed by atoms with Crippen molar-refractivity contribution in [2.75, 3.05) is 18.5 Å². The van der Waals surface area contributed by atoms with E-state index in [1.165, 1.54) is 24.0 Å². The topological polar surface area (TPSA) is 80.0 Å². The minimum atomic E-state index is 0.295. The highest BCUT2D eigenvalue weighted by Gasteiger charge is 2.31. The summed E-state index contributed by atoms with van der Waals surface area (Å²) >= 11 is 0. The Labute approximate surface area is 180 Å². The van der Waals surface area contributed by atoms with Crippen molar-refractivity contribution in [1.29, 1.82) is 10.8 Å². The zero-order valence-corrected chi connectivity index (χ0v) is 18.7. The number of hydrogen-bond donors (Lipinski definition) is 2. The highest BCUT2D eigenvalue weighted by molar-refractivity contribution is 6.19. The first kappa shape index (κ1) is 22.1. The molecule has 1 fully saturated rings. The van der Waals surface area contributed by atoms with Crippen molar-refractivity contribution < 1.29 is 0 Å². The van der Waals surface area contributed by atoms with Crippen LogP contribution in [0.3, 0.4) is 0 Å². The number of amidine groups is 2. The van der Waals surface area contributed by atoms with Crippen molar-refractivity contribution >= 4 is 17.4 Å². The average Bonchev–Trinajstić information content (AvgIpc) is 2.83. The number of hydrogen-bond acceptors (Lipinski definition) is 5. The van der Waals surface area contributed by atoms with E-state index in [2.05, 4.69) is 54.0 Å². The first-order valence-corrected chi connectivity index (χ1v) is 10.8. The fraction of sp³-hybridized carbons (Fsp3) is 0.500. The average molecular weight is 407 g/mol. The van der Waals surface area contributed by atoms with E-state index in [-0.39, 0.29) is 0 Å². The third kappa shape index (κ3) is 5.51. The standard InChI is InChI=1S/C19H28N4.C5H6N2/c1-13-4-7-15(8-5-13)19(21)23-17-9-6-14(2)10-16(17)11-22(3)12-18(23)20;1-5-4-6-2-3-7-5/h6,9-10,13,15,20-21H,4-5,7-8,11-12H2,1-3H3;2-4H,1H3. The van der Waals surface area contributed by atoms with Gasteiger partial charge in [-0.05, 0) is 51.3 Å². The van der Waals surface area contributed by atoms with Gasteiger partial charge in [-0.15, -0.1) is 0 Å². The van der Waals surface area contributed by atoms with Crippen molar-refractivity contribution in [3.63, 3.8) is 0 Å². The van der Waals surface area contributed by atoms with Crippen molar-refractivity contribution in [2.45, 2.75) is 53.0 Å². The number of nitrogens with one attached hydrogen (secondary N) is 2. The van der Waals surface area contributed by atoms with Crippen molar-refractivity contribution in [1.82, 2.24) is 14.9 Å². The second kappa shape index (κ2) is 9.94. The SMILES string of the molecule is Cc1ccc2c(c1)CN(C)CC(=N)N2C(=N)C1CCC(C)CC1.Cc1cnccn1. The molecule has 0 atom stereocenters. The van der Waals surface area contributed by atoms with Crippen LogP contribution in [0, 0.1) is 36.5 Å². The monoisotopic (exact) mass is 406 g/mol. The Balaban J connectivity index is 0.000000310. The molecule has 160 valence electrons. The van der Waals surface area contributed by atoms with Gasteiger partial charge in [0.2, 0.25) is 0 Å². The second-order valence-corrected chi connectivity index (χ2v) is 8.78. The maximum Gasteiger partial charge on any atom is 0.120 e. The number of aromatic nitrogens is 2. The van der Waals surface area contributed by atoms with E-state index in [1.54, 1.807) is 18.6 Å². The fourth-order valence-corrected chi connectivity index (χ4v) is 4.24. The number of fused-ring (bicyclic) bond motifs is 1. The van der Waals surface area contributed by atoms with Gasteiger partial charge < -0.3 is 0 Å². The quantitative estimate of drug-likeness (QED) is 0.526. The minimum absolute atomic E-state index is 0.295. The summed E-state index contributed by atoms with van der Waals surface area (Å²) < 4.78 is 0. The smallest absolute Gasteiger partial charge is 0.120 e. The van der Waals surface area contributed by atoms with Crippen LogP contribution in [0.2, 0.25) is 0 Å². The summed E-state index contributed by atoms with van der Waals surface area (Å²) in [4.78, 5) is 11.8. The van der Waals surface area contributed by atoms with Gasteiger partial charge in [-0.1, -0.05) is 37.5 Å². The number of anilines is 1. The Hall–Kier alpha value is -2.60. The molecule has 30 heavy (non-hydrogen) atoms. The number of benzene rings is 1. The summed E-state index contributed by atoms with van der Waals surface area (Å²) in [7, 11) is 2.05. The van der Waals surface area contributed by atoms with E-state index in [9.17, 15) is 0 Å². The number of rotatable bonds is 1. The molecule has 2 heterocycles. The van der Waals surface area contributed by atoms with Crippen LogP contribution in [-0.4, -0.2) is 40.1 Å². The van der Waals surface area contributed by atoms with Crippen LogP contribution in [0.4, 0.5) is 5.69 Å². The Morgan fingerprint density at radius 3 is 2.40 bits per heavy atom. The summed E-state index contributed by atoms with van der Waals surface area (Å²) in [6.45, 7) is 7.76. The van der Waals surface area contributed by atoms with E-state index >= 15 is 0 Å². The molecule has 1 saturated carbocycles. The van der Waals surface area contributed by atoms with Gasteiger partial charge in [-0.3, -0.25) is 30.6 Å². The van der Waals surface area contributed by atoms with Gasteiger partial charge in [0.15, 0.2) is 0 Å². The second-order valence-electron chi connectivity index (χ2n) is 8.78. The first-order chi connectivity index (χ1) is 14.3. The summed E-state index contributed by atoms with van der Waals surface area (Å²) in [5.74, 6) is 2.23. The third-order valence-electron chi connectivity index (χ3n) is 5.94. The summed E-state index contributed by atoms with van der Waals surface area (Å²) in [5.41, 5.74) is 4.46. The van der Waals surface area contributed by atoms with Gasteiger partial charge in [-0.2, -0.15) is 0 Å². The molecule has 1 aliphatic carbocycles. The van der Waals surface area contributed by atoms with Crippen LogP contribution in [0.15, 0.2) is 36.8 Å². The Bertz CT molecular complexity index is 871. The molecule has 6 nitrogen and oxygen atoms in total. The van der Waals surface area contributed by atoms with E-state index in [0.717, 1.165) is 36.7 Å². The summed E-state index contributed by atoms with van der Waals surface area (Å²) in [6, 6.07) is 6.40. The molecule has 2 aromatic rings. The van der Waals surface area contributed by atoms with Crippen LogP contribution in [0.5, 0.6) is 0 Å². The fourth-order valence-electron chi connectivity index (χ4n) is 4.24. The predicted molar refractivity (Wildman–Crippen MR) is 123 cm³/mol. The molecule has 1 aliphatic heterocycles. The van der Waals surface area contributed by atoms with Gasteiger partial charge in [0.25, 0.3) is 0 Å². The molecule has 6 heteroatoms. The molecule has 1 aromatic carbocycles. The van der Waals surface area contributed by atoms with Crippen LogP contribution in [-0.2, 0) is 6.54 Å². The van der Waals surface area contributed by atoms with E-state index < -0.39 is 0 Å². The van der Waals surface area contributed by atoms with Gasteiger partial charge in [0.1, 0.15) is 11.7 Å². The largest absolute Gasteiger partial charge is 0.295 e. The highest BCUT2D eigenvalue weighted by atomic mass is 15.3. The Morgan fingerprint density at radius 2 is 1.80 bits per heavy atom. The molecule has 0 unspecified atom stereocenters. The molecule has 0 radical (unpaired) electrons. The van der Waals surface area contributed by atoms with Crippen molar-refractivity contribution in [3.05, 3.63) is 53.6 Å². The lowest BCUT2D eigenvalue weighted by Crippen LogP contribution is -2.43. The molecule has 4 rings (SSSR count). The Morgan fingerprint density at radius 1 is 1.07 bits per heavy atom. The van der Waals surface area contributed by atoms with Gasteiger partial charge in [-0.25, -0.2) is 0 Å². The third-order valence-corrected chi connectivity index (χ3v) is 5.94. The first-order valence-electron chi connectivity index (χ1n) is 10.8. The molecular weight excluding hydrogens is 372 g/mol. The highest BCUT2D eigenvalue weighted by Crippen LogP contribution is 2.33. The molecule has 2 aliphatic rings. The maximum absolute atomic E-state index is 8.79. The summed E-state index contributed by atoms with van der Waals surface area (Å²) in [5, 5.41) is 17.3. The lowest BCUT2D eigenvalue weighted by atomic mass is 9.82. The van der Waals surface area contributed by atoms with Gasteiger partial charge >= 0.3 is 0 Å². The van der Waals surface area contributed by atoms with Crippen LogP contribution in [0.25, 0.3) is 0 Å². The maximum atomic E-state index is 8.79. The Kier molecular flexibility index (Phi) is 7.32.